The van der Waals surface area contributed by atoms with Crippen molar-refractivity contribution >= 4 is 12.4 Å². The summed E-state index contributed by atoms with van der Waals surface area (Å²) in [4.78, 5) is 24.7. The smallest absolute Gasteiger partial charge is 0.419 e. The monoisotopic (exact) mass is 613 g/mol. The Morgan fingerprint density at radius 3 is 2.14 bits per heavy atom. The van der Waals surface area contributed by atoms with Crippen LogP contribution in [0.25, 0.3) is 0 Å². The van der Waals surface area contributed by atoms with Crippen LogP contribution >= 0.6 is 0 Å². The number of amides is 1. The van der Waals surface area contributed by atoms with Gasteiger partial charge in [-0.15, -0.1) is 0 Å². The lowest BCUT2D eigenvalue weighted by Crippen LogP contribution is -2.52. The summed E-state index contributed by atoms with van der Waals surface area (Å²) < 4.78 is 58.9. The molecule has 0 aliphatic rings. The van der Waals surface area contributed by atoms with Crippen molar-refractivity contribution in [2.75, 3.05) is 13.2 Å². The first-order valence-electron chi connectivity index (χ1n) is 15.1. The van der Waals surface area contributed by atoms with Crippen molar-refractivity contribution in [2.45, 2.75) is 83.2 Å². The van der Waals surface area contributed by atoms with Crippen molar-refractivity contribution in [1.29, 1.82) is 0 Å². The summed E-state index contributed by atoms with van der Waals surface area (Å²) in [6, 6.07) is 22.5. The Balaban J connectivity index is 1.74. The maximum absolute atomic E-state index is 14.0. The number of alkyl halides is 3. The number of aldehydes is 1. The normalized spacial score (nSPS) is 12.7. The van der Waals surface area contributed by atoms with Crippen LogP contribution in [-0.4, -0.2) is 31.1 Å². The number of hydrogen-bond acceptors (Lipinski definition) is 5. The predicted molar refractivity (Wildman–Crippen MR) is 163 cm³/mol. The number of benzene rings is 3. The van der Waals surface area contributed by atoms with Gasteiger partial charge in [0.15, 0.2) is 0 Å². The number of aryl methyl sites for hydroxylation is 1. The summed E-state index contributed by atoms with van der Waals surface area (Å²) in [5.74, 6) is -0.204. The Labute approximate surface area is 257 Å². The van der Waals surface area contributed by atoms with Crippen LogP contribution in [0.3, 0.4) is 0 Å². The van der Waals surface area contributed by atoms with E-state index in [0.29, 0.717) is 18.3 Å². The summed E-state index contributed by atoms with van der Waals surface area (Å²) in [6.45, 7) is 2.51. The van der Waals surface area contributed by atoms with Gasteiger partial charge in [0.2, 0.25) is 0 Å². The zero-order valence-electron chi connectivity index (χ0n) is 25.2. The summed E-state index contributed by atoms with van der Waals surface area (Å²) in [5, 5.41) is 2.80. The molecule has 0 aromatic heterocycles. The SMILES string of the molecule is CCCCCCCOc1ccc(CCC(CC=O)(COCc2ccccc2)NC(=O)OCc2ccccc2)cc1C(F)(F)F. The summed E-state index contributed by atoms with van der Waals surface area (Å²) in [6.07, 6.45) is 0.248. The van der Waals surface area contributed by atoms with Gasteiger partial charge in [-0.2, -0.15) is 13.2 Å². The van der Waals surface area contributed by atoms with Crippen molar-refractivity contribution in [1.82, 2.24) is 5.32 Å². The molecule has 0 aliphatic carbocycles. The number of nitrogens with one attached hydrogen (secondary N) is 1. The molecule has 0 spiro atoms. The van der Waals surface area contributed by atoms with Crippen LogP contribution in [0, 0.1) is 0 Å². The first-order chi connectivity index (χ1) is 21.2. The largest absolute Gasteiger partial charge is 0.493 e. The average Bonchev–Trinajstić information content (AvgIpc) is 3.02. The second kappa shape index (κ2) is 18.1. The van der Waals surface area contributed by atoms with Crippen LogP contribution in [0.15, 0.2) is 78.9 Å². The van der Waals surface area contributed by atoms with Gasteiger partial charge in [-0.3, -0.25) is 0 Å². The van der Waals surface area contributed by atoms with Crippen molar-refractivity contribution in [3.05, 3.63) is 101 Å². The zero-order chi connectivity index (χ0) is 31.7. The summed E-state index contributed by atoms with van der Waals surface area (Å²) >= 11 is 0. The first kappa shape index (κ1) is 34.6. The zero-order valence-corrected chi connectivity index (χ0v) is 25.2. The third-order valence-corrected chi connectivity index (χ3v) is 7.29. The highest BCUT2D eigenvalue weighted by Gasteiger charge is 2.36. The van der Waals surface area contributed by atoms with Crippen LogP contribution in [0.5, 0.6) is 5.75 Å². The number of rotatable bonds is 19. The average molecular weight is 614 g/mol. The molecule has 0 bridgehead atoms. The number of ether oxygens (including phenoxy) is 3. The molecule has 44 heavy (non-hydrogen) atoms. The molecule has 1 amide bonds. The van der Waals surface area contributed by atoms with Gasteiger partial charge in [-0.1, -0.05) is 99.3 Å². The van der Waals surface area contributed by atoms with Gasteiger partial charge in [0, 0.05) is 6.42 Å². The maximum Gasteiger partial charge on any atom is 0.419 e. The molecule has 1 unspecified atom stereocenters. The van der Waals surface area contributed by atoms with E-state index in [-0.39, 0.29) is 51.4 Å². The maximum atomic E-state index is 14.0. The van der Waals surface area contributed by atoms with Crippen molar-refractivity contribution in [3.8, 4) is 5.75 Å². The van der Waals surface area contributed by atoms with Gasteiger partial charge >= 0.3 is 12.3 Å². The Morgan fingerprint density at radius 2 is 1.50 bits per heavy atom. The molecule has 0 saturated heterocycles. The third kappa shape index (κ3) is 12.0. The molecule has 9 heteroatoms. The van der Waals surface area contributed by atoms with Crippen LogP contribution in [0.1, 0.15) is 74.1 Å². The highest BCUT2D eigenvalue weighted by molar-refractivity contribution is 5.69. The van der Waals surface area contributed by atoms with Crippen molar-refractivity contribution in [2.24, 2.45) is 0 Å². The van der Waals surface area contributed by atoms with Crippen LogP contribution < -0.4 is 10.1 Å². The van der Waals surface area contributed by atoms with Gasteiger partial charge in [0.1, 0.15) is 18.6 Å². The molecular weight excluding hydrogens is 571 g/mol. The molecule has 3 aromatic rings. The summed E-state index contributed by atoms with van der Waals surface area (Å²) in [7, 11) is 0. The fourth-order valence-electron chi connectivity index (χ4n) is 4.81. The number of hydrogen-bond donors (Lipinski definition) is 1. The molecule has 0 saturated carbocycles. The molecule has 3 aromatic carbocycles. The fourth-order valence-corrected chi connectivity index (χ4v) is 4.81. The standard InChI is InChI=1S/C35H42F3NO5/c1-2-3-4-5-12-23-43-32-18-17-28(24-31(32)35(36,37)38)19-20-34(21-22-40,27-42-25-29-13-8-6-9-14-29)39-33(41)44-26-30-15-10-7-11-16-30/h6-11,13-18,22,24H,2-5,12,19-21,23,25-27H2,1H3,(H,39,41). The number of unbranched alkanes of at least 4 members (excludes halogenated alkanes) is 4. The topological polar surface area (TPSA) is 73.9 Å². The number of halogens is 3. The Hall–Kier alpha value is -3.85. The van der Waals surface area contributed by atoms with E-state index >= 15 is 0 Å². The predicted octanol–water partition coefficient (Wildman–Crippen LogP) is 8.46. The van der Waals surface area contributed by atoms with Gasteiger partial charge < -0.3 is 24.3 Å². The minimum atomic E-state index is -4.61. The fraction of sp³-hybridized carbons (Fsp3) is 0.429. The van der Waals surface area contributed by atoms with Gasteiger partial charge in [-0.25, -0.2) is 4.79 Å². The molecular formula is C35H42F3NO5. The van der Waals surface area contributed by atoms with E-state index in [1.54, 1.807) is 6.07 Å². The second-order valence-electron chi connectivity index (χ2n) is 10.9. The Bertz CT molecular complexity index is 1270. The van der Waals surface area contributed by atoms with E-state index in [4.69, 9.17) is 14.2 Å². The van der Waals surface area contributed by atoms with E-state index in [1.165, 1.54) is 6.07 Å². The molecule has 0 aliphatic heterocycles. The molecule has 1 N–H and O–H groups in total. The van der Waals surface area contributed by atoms with Crippen LogP contribution in [-0.2, 0) is 40.1 Å². The molecule has 0 fully saturated rings. The van der Waals surface area contributed by atoms with E-state index in [2.05, 4.69) is 12.2 Å². The van der Waals surface area contributed by atoms with Crippen LogP contribution in [0.2, 0.25) is 0 Å². The molecule has 0 heterocycles. The van der Waals surface area contributed by atoms with E-state index in [1.807, 2.05) is 60.7 Å². The lowest BCUT2D eigenvalue weighted by molar-refractivity contribution is -0.139. The lowest BCUT2D eigenvalue weighted by Gasteiger charge is -2.33. The van der Waals surface area contributed by atoms with Gasteiger partial charge in [-0.05, 0) is 48.1 Å². The molecule has 3 rings (SSSR count). The molecule has 1 atom stereocenters. The quantitative estimate of drug-likeness (QED) is 0.108. The molecule has 0 radical (unpaired) electrons. The number of carbonyl (C=O) groups excluding carboxylic acids is 2. The van der Waals surface area contributed by atoms with Crippen molar-refractivity contribution in [3.63, 3.8) is 0 Å². The number of alkyl carbamates (subject to hydrolysis) is 1. The Kier molecular flexibility index (Phi) is 14.2. The first-order valence-corrected chi connectivity index (χ1v) is 15.1. The van der Waals surface area contributed by atoms with Crippen LogP contribution in [0.4, 0.5) is 18.0 Å². The van der Waals surface area contributed by atoms with Gasteiger partial charge in [0.05, 0.1) is 30.9 Å². The van der Waals surface area contributed by atoms with Crippen molar-refractivity contribution < 1.29 is 37.0 Å². The highest BCUT2D eigenvalue weighted by Crippen LogP contribution is 2.37. The summed E-state index contributed by atoms with van der Waals surface area (Å²) in [5.41, 5.74) is 0.0171. The number of carbonyl (C=O) groups is 2. The van der Waals surface area contributed by atoms with E-state index < -0.39 is 23.4 Å². The molecule has 6 nitrogen and oxygen atoms in total. The molecule has 238 valence electrons. The minimum Gasteiger partial charge on any atom is -0.493 e. The second-order valence-corrected chi connectivity index (χ2v) is 10.9. The van der Waals surface area contributed by atoms with E-state index in [9.17, 15) is 22.8 Å². The lowest BCUT2D eigenvalue weighted by atomic mass is 9.88. The minimum absolute atomic E-state index is 0.0176. The van der Waals surface area contributed by atoms with E-state index in [0.717, 1.165) is 42.9 Å². The highest BCUT2D eigenvalue weighted by atomic mass is 19.4. The third-order valence-electron chi connectivity index (χ3n) is 7.29. The Morgan fingerprint density at radius 1 is 0.841 bits per heavy atom. The van der Waals surface area contributed by atoms with Gasteiger partial charge in [0.25, 0.3) is 0 Å².